The number of rotatable bonds is 5. The Morgan fingerprint density at radius 1 is 0.714 bits per heavy atom. The van der Waals surface area contributed by atoms with Crippen LogP contribution in [0.4, 0.5) is 5.69 Å². The lowest BCUT2D eigenvalue weighted by atomic mass is 9.54. The van der Waals surface area contributed by atoms with Crippen LogP contribution in [-0.2, 0) is 30.6 Å². The minimum absolute atomic E-state index is 0.0756. The highest BCUT2D eigenvalue weighted by atomic mass is 35.5. The monoisotopic (exact) mass is 634 g/mol. The summed E-state index contributed by atoms with van der Waals surface area (Å²) in [5, 5.41) is 3.21. The number of anilines is 1. The summed E-state index contributed by atoms with van der Waals surface area (Å²) in [4.78, 5) is 41.5. The molecule has 4 aliphatic rings. The fraction of sp³-hybridized carbons (Fsp3) is 0.182. The quantitative estimate of drug-likeness (QED) is 0.187. The average molecular weight is 636 g/mol. The zero-order chi connectivity index (χ0) is 29.4. The van der Waals surface area contributed by atoms with Crippen molar-refractivity contribution in [1.29, 1.82) is 0 Å². The van der Waals surface area contributed by atoms with Gasteiger partial charge in [0.2, 0.25) is 17.7 Å². The fourth-order valence-corrected chi connectivity index (χ4v) is 8.40. The van der Waals surface area contributed by atoms with E-state index in [1.54, 1.807) is 18.2 Å². The first kappa shape index (κ1) is 27.5. The predicted molar refractivity (Wildman–Crippen MR) is 164 cm³/mol. The first-order valence-electron chi connectivity index (χ1n) is 13.4. The van der Waals surface area contributed by atoms with Crippen LogP contribution in [0.5, 0.6) is 0 Å². The van der Waals surface area contributed by atoms with Gasteiger partial charge in [-0.05, 0) is 39.9 Å². The van der Waals surface area contributed by atoms with Gasteiger partial charge in [0.25, 0.3) is 0 Å². The molecule has 3 atom stereocenters. The number of likely N-dealkylation sites (tertiary alicyclic amines) is 1. The van der Waals surface area contributed by atoms with Gasteiger partial charge in [0.05, 0.1) is 27.6 Å². The number of alkyl halides is 2. The Bertz CT molecular complexity index is 1670. The van der Waals surface area contributed by atoms with E-state index in [1.807, 2.05) is 78.9 Å². The van der Waals surface area contributed by atoms with Crippen molar-refractivity contribution in [2.45, 2.75) is 22.2 Å². The third kappa shape index (κ3) is 3.67. The first-order valence-corrected chi connectivity index (χ1v) is 14.9. The van der Waals surface area contributed by atoms with E-state index in [9.17, 15) is 14.4 Å². The number of carbonyl (C=O) groups is 3. The zero-order valence-corrected chi connectivity index (χ0v) is 24.9. The molecular formula is C33H22Cl4N2O3. The Hall–Kier alpha value is -3.35. The molecule has 0 unspecified atom stereocenters. The predicted octanol–water partition coefficient (Wildman–Crippen LogP) is 7.14. The summed E-state index contributed by atoms with van der Waals surface area (Å²) in [6.07, 6.45) is 0.0756. The van der Waals surface area contributed by atoms with Gasteiger partial charge in [-0.1, -0.05) is 108 Å². The molecule has 0 aromatic heterocycles. The van der Waals surface area contributed by atoms with E-state index in [0.29, 0.717) is 22.3 Å². The zero-order valence-electron chi connectivity index (χ0n) is 21.9. The highest BCUT2D eigenvalue weighted by Gasteiger charge is 2.73. The van der Waals surface area contributed by atoms with Crippen molar-refractivity contribution in [2.75, 3.05) is 5.32 Å². The lowest BCUT2D eigenvalue weighted by Crippen LogP contribution is -2.57. The smallest absolute Gasteiger partial charge is 0.248 e. The molecule has 0 saturated carbocycles. The molecule has 1 saturated heterocycles. The number of benzene rings is 4. The van der Waals surface area contributed by atoms with Gasteiger partial charge in [0.1, 0.15) is 15.8 Å². The Labute approximate surface area is 262 Å². The second-order valence-corrected chi connectivity index (χ2v) is 12.8. The summed E-state index contributed by atoms with van der Waals surface area (Å²) < 4.78 is 0. The van der Waals surface area contributed by atoms with Crippen molar-refractivity contribution >= 4 is 69.8 Å². The van der Waals surface area contributed by atoms with Crippen LogP contribution in [0.1, 0.15) is 27.8 Å². The topological polar surface area (TPSA) is 66.5 Å². The summed E-state index contributed by atoms with van der Waals surface area (Å²) >= 11 is 27.7. The van der Waals surface area contributed by atoms with Crippen molar-refractivity contribution in [3.05, 3.63) is 135 Å². The summed E-state index contributed by atoms with van der Waals surface area (Å²) in [6.45, 7) is 0. The molecule has 0 spiro atoms. The van der Waals surface area contributed by atoms with Gasteiger partial charge in [-0.2, -0.15) is 0 Å². The van der Waals surface area contributed by atoms with Crippen LogP contribution >= 0.6 is 46.4 Å². The Morgan fingerprint density at radius 3 is 1.69 bits per heavy atom. The molecular weight excluding hydrogens is 614 g/mol. The van der Waals surface area contributed by atoms with E-state index in [1.165, 1.54) is 0 Å². The van der Waals surface area contributed by atoms with Gasteiger partial charge < -0.3 is 5.32 Å². The molecule has 9 heteroatoms. The van der Waals surface area contributed by atoms with Crippen LogP contribution in [-0.4, -0.2) is 28.7 Å². The molecule has 3 aliphatic carbocycles. The standard InChI is InChI=1S/C33H22Cl4N2O3/c34-23-15-8-16-24(28(23)35)38-29(40)25(17-18-9-2-1-3-10-18)39-30(41)26-27(31(39)42)33(37)20-12-5-4-11-19(20)32(26,36)21-13-6-7-14-22(21)33/h1-16,25-27H,17H2,(H,38,40)/t25-,26+,27+,32?,33?/m0/s1. The molecule has 210 valence electrons. The lowest BCUT2D eigenvalue weighted by molar-refractivity contribution is -0.146. The summed E-state index contributed by atoms with van der Waals surface area (Å²) in [6, 6.07) is 27.7. The molecule has 4 aromatic carbocycles. The van der Waals surface area contributed by atoms with E-state index < -0.39 is 45.3 Å². The van der Waals surface area contributed by atoms with Crippen molar-refractivity contribution < 1.29 is 14.4 Å². The maximum atomic E-state index is 14.6. The number of imide groups is 1. The lowest BCUT2D eigenvalue weighted by Gasteiger charge is -2.54. The Kier molecular flexibility index (Phi) is 6.45. The number of hydrogen-bond donors (Lipinski definition) is 1. The normalized spacial score (nSPS) is 26.0. The summed E-state index contributed by atoms with van der Waals surface area (Å²) in [5.74, 6) is -3.70. The highest BCUT2D eigenvalue weighted by Crippen LogP contribution is 2.69. The van der Waals surface area contributed by atoms with E-state index in [4.69, 9.17) is 46.4 Å². The van der Waals surface area contributed by atoms with Crippen LogP contribution < -0.4 is 5.32 Å². The number of halogens is 4. The number of carbonyl (C=O) groups excluding carboxylic acids is 3. The molecule has 2 bridgehead atoms. The Balaban J connectivity index is 1.37. The minimum atomic E-state index is -1.35. The van der Waals surface area contributed by atoms with Crippen LogP contribution in [0, 0.1) is 11.8 Å². The summed E-state index contributed by atoms with van der Waals surface area (Å²) in [5.41, 5.74) is 3.81. The first-order chi connectivity index (χ1) is 20.2. The van der Waals surface area contributed by atoms with E-state index >= 15 is 0 Å². The molecule has 1 N–H and O–H groups in total. The minimum Gasteiger partial charge on any atom is -0.323 e. The number of nitrogens with zero attached hydrogens (tertiary/aromatic N) is 1. The molecule has 5 nitrogen and oxygen atoms in total. The van der Waals surface area contributed by atoms with E-state index in [0.717, 1.165) is 10.5 Å². The largest absolute Gasteiger partial charge is 0.323 e. The number of nitrogens with one attached hydrogen (secondary N) is 1. The average Bonchev–Trinajstić information content (AvgIpc) is 3.28. The van der Waals surface area contributed by atoms with Crippen molar-refractivity contribution in [3.63, 3.8) is 0 Å². The van der Waals surface area contributed by atoms with Crippen LogP contribution in [0.15, 0.2) is 97.1 Å². The van der Waals surface area contributed by atoms with E-state index in [-0.39, 0.29) is 22.2 Å². The van der Waals surface area contributed by atoms with Crippen LogP contribution in [0.25, 0.3) is 0 Å². The fourth-order valence-electron chi connectivity index (χ4n) is 6.95. The highest BCUT2D eigenvalue weighted by molar-refractivity contribution is 6.44. The third-order valence-corrected chi connectivity index (χ3v) is 10.8. The van der Waals surface area contributed by atoms with Gasteiger partial charge in [0, 0.05) is 6.42 Å². The molecule has 1 heterocycles. The Morgan fingerprint density at radius 2 is 1.19 bits per heavy atom. The SMILES string of the molecule is O=C(Nc1cccc(Cl)c1Cl)[C@H](Cc1ccccc1)N1C(=O)[C@H]2[C@H](C1=O)C1(Cl)c3ccccc3C2(Cl)c2ccccc21. The van der Waals surface area contributed by atoms with Gasteiger partial charge >= 0.3 is 0 Å². The van der Waals surface area contributed by atoms with Crippen molar-refractivity contribution in [2.24, 2.45) is 11.8 Å². The van der Waals surface area contributed by atoms with Crippen LogP contribution in [0.3, 0.4) is 0 Å². The second kappa shape index (κ2) is 9.85. The molecule has 3 amide bonds. The van der Waals surface area contributed by atoms with Crippen LogP contribution in [0.2, 0.25) is 10.0 Å². The number of amides is 3. The molecule has 1 fully saturated rings. The van der Waals surface area contributed by atoms with Gasteiger partial charge in [-0.25, -0.2) is 0 Å². The summed E-state index contributed by atoms with van der Waals surface area (Å²) in [7, 11) is 0. The molecule has 0 radical (unpaired) electrons. The van der Waals surface area contributed by atoms with Gasteiger partial charge in [-0.15, -0.1) is 23.2 Å². The molecule has 8 rings (SSSR count). The van der Waals surface area contributed by atoms with Crippen molar-refractivity contribution in [1.82, 2.24) is 4.90 Å². The molecule has 4 aromatic rings. The van der Waals surface area contributed by atoms with Gasteiger partial charge in [-0.3, -0.25) is 19.3 Å². The number of hydrogen-bond acceptors (Lipinski definition) is 3. The molecule has 1 aliphatic heterocycles. The maximum Gasteiger partial charge on any atom is 0.248 e. The second-order valence-electron chi connectivity index (χ2n) is 10.8. The van der Waals surface area contributed by atoms with Gasteiger partial charge in [0.15, 0.2) is 0 Å². The van der Waals surface area contributed by atoms with Crippen molar-refractivity contribution in [3.8, 4) is 0 Å². The maximum absolute atomic E-state index is 14.6. The molecule has 42 heavy (non-hydrogen) atoms. The van der Waals surface area contributed by atoms with E-state index in [2.05, 4.69) is 5.32 Å². The third-order valence-electron chi connectivity index (χ3n) is 8.72.